The van der Waals surface area contributed by atoms with E-state index >= 15 is 0 Å². The summed E-state index contributed by atoms with van der Waals surface area (Å²) in [7, 11) is 0. The summed E-state index contributed by atoms with van der Waals surface area (Å²) in [5.74, 6) is -1.25. The molecule has 2 atom stereocenters. The molecule has 1 amide bonds. The topological polar surface area (TPSA) is 46.2 Å². The van der Waals surface area contributed by atoms with E-state index in [4.69, 9.17) is 0 Å². The highest BCUT2D eigenvalue weighted by molar-refractivity contribution is 6.06. The van der Waals surface area contributed by atoms with Crippen LogP contribution < -0.4 is 5.32 Å². The lowest BCUT2D eigenvalue weighted by molar-refractivity contribution is -0.133. The average Bonchev–Trinajstić information content (AvgIpc) is 2.55. The number of amides is 1. The molecule has 0 saturated carbocycles. The summed E-state index contributed by atoms with van der Waals surface area (Å²) in [6, 6.07) is 19.4. The highest BCUT2D eigenvalue weighted by Crippen LogP contribution is 2.33. The van der Waals surface area contributed by atoms with E-state index in [9.17, 15) is 9.59 Å². The second-order valence-corrected chi connectivity index (χ2v) is 5.46. The Morgan fingerprint density at radius 1 is 0.955 bits per heavy atom. The summed E-state index contributed by atoms with van der Waals surface area (Å²) in [5, 5.41) is 2.87. The molecule has 3 nitrogen and oxygen atoms in total. The molecular formula is C19H17NO2. The number of carbonyl (C=O) groups is 2. The van der Waals surface area contributed by atoms with Gasteiger partial charge in [0, 0.05) is 11.6 Å². The van der Waals surface area contributed by atoms with Gasteiger partial charge in [0.25, 0.3) is 0 Å². The summed E-state index contributed by atoms with van der Waals surface area (Å²) in [6.45, 7) is 1.47. The van der Waals surface area contributed by atoms with Crippen molar-refractivity contribution in [2.45, 2.75) is 12.8 Å². The predicted octanol–water partition coefficient (Wildman–Crippen LogP) is 3.15. The number of hydrogen-bond donors (Lipinski definition) is 1. The van der Waals surface area contributed by atoms with Crippen molar-refractivity contribution in [1.29, 1.82) is 0 Å². The minimum atomic E-state index is -0.671. The summed E-state index contributed by atoms with van der Waals surface area (Å²) in [6.07, 6.45) is 1.98. The van der Waals surface area contributed by atoms with Crippen LogP contribution in [0.5, 0.6) is 0 Å². The van der Waals surface area contributed by atoms with Gasteiger partial charge < -0.3 is 5.32 Å². The fourth-order valence-electron chi connectivity index (χ4n) is 2.88. The minimum absolute atomic E-state index is 0.116. The number of hydrogen-bond acceptors (Lipinski definition) is 2. The minimum Gasteiger partial charge on any atom is -0.325 e. The molecule has 0 fully saturated rings. The summed E-state index contributed by atoms with van der Waals surface area (Å²) >= 11 is 0. The van der Waals surface area contributed by atoms with Gasteiger partial charge in [0.15, 0.2) is 0 Å². The molecule has 0 radical (unpaired) electrons. The summed E-state index contributed by atoms with van der Waals surface area (Å²) in [4.78, 5) is 24.4. The number of benzene rings is 2. The monoisotopic (exact) mass is 291 g/mol. The van der Waals surface area contributed by atoms with E-state index in [0.29, 0.717) is 0 Å². The third-order valence-electron chi connectivity index (χ3n) is 3.95. The smallest absolute Gasteiger partial charge is 0.235 e. The standard InChI is InChI=1S/C19H17NO2/c1-13(21)18-16(14-8-4-2-5-9-14)12-17(20-19(18)22)15-10-6-3-7-11-15/h2-12,16,18H,1H3,(H,20,22). The molecule has 0 saturated heterocycles. The van der Waals surface area contributed by atoms with Crippen LogP contribution in [0, 0.1) is 5.92 Å². The van der Waals surface area contributed by atoms with Crippen LogP contribution in [0.3, 0.4) is 0 Å². The van der Waals surface area contributed by atoms with Crippen molar-refractivity contribution in [3.05, 3.63) is 77.9 Å². The molecule has 2 unspecified atom stereocenters. The third kappa shape index (κ3) is 2.70. The van der Waals surface area contributed by atoms with E-state index in [-0.39, 0.29) is 17.6 Å². The molecule has 110 valence electrons. The zero-order valence-electron chi connectivity index (χ0n) is 12.3. The lowest BCUT2D eigenvalue weighted by Crippen LogP contribution is -2.40. The molecule has 1 aliphatic heterocycles. The molecule has 2 aromatic carbocycles. The van der Waals surface area contributed by atoms with Gasteiger partial charge in [-0.2, -0.15) is 0 Å². The molecule has 0 aliphatic carbocycles. The van der Waals surface area contributed by atoms with Gasteiger partial charge in [-0.25, -0.2) is 0 Å². The molecule has 22 heavy (non-hydrogen) atoms. The number of rotatable bonds is 3. The number of nitrogens with one attached hydrogen (secondary N) is 1. The van der Waals surface area contributed by atoms with E-state index in [1.54, 1.807) is 0 Å². The maximum absolute atomic E-state index is 12.4. The molecule has 0 aromatic heterocycles. The maximum Gasteiger partial charge on any atom is 0.235 e. The number of ketones is 1. The summed E-state index contributed by atoms with van der Waals surface area (Å²) < 4.78 is 0. The van der Waals surface area contributed by atoms with Gasteiger partial charge >= 0.3 is 0 Å². The van der Waals surface area contributed by atoms with Crippen molar-refractivity contribution in [3.63, 3.8) is 0 Å². The maximum atomic E-state index is 12.4. The molecular weight excluding hydrogens is 274 g/mol. The molecule has 1 N–H and O–H groups in total. The first-order chi connectivity index (χ1) is 10.7. The van der Waals surface area contributed by atoms with Gasteiger partial charge in [-0.1, -0.05) is 66.7 Å². The first kappa shape index (κ1) is 14.3. The molecule has 2 aromatic rings. The van der Waals surface area contributed by atoms with Crippen molar-refractivity contribution in [3.8, 4) is 0 Å². The van der Waals surface area contributed by atoms with Crippen molar-refractivity contribution in [2.24, 2.45) is 5.92 Å². The second-order valence-electron chi connectivity index (χ2n) is 5.46. The fraction of sp³-hybridized carbons (Fsp3) is 0.158. The van der Waals surface area contributed by atoms with Crippen molar-refractivity contribution in [1.82, 2.24) is 5.32 Å². The fourth-order valence-corrected chi connectivity index (χ4v) is 2.88. The average molecular weight is 291 g/mol. The molecule has 1 aliphatic rings. The Labute approximate surface area is 129 Å². The van der Waals surface area contributed by atoms with Crippen molar-refractivity contribution >= 4 is 17.4 Å². The quantitative estimate of drug-likeness (QED) is 0.883. The highest BCUT2D eigenvalue weighted by atomic mass is 16.2. The van der Waals surface area contributed by atoms with Crippen molar-refractivity contribution in [2.75, 3.05) is 0 Å². The van der Waals surface area contributed by atoms with Gasteiger partial charge in [0.1, 0.15) is 11.7 Å². The van der Waals surface area contributed by atoms with Crippen LogP contribution in [-0.4, -0.2) is 11.7 Å². The molecule has 1 heterocycles. The van der Waals surface area contributed by atoms with E-state index in [2.05, 4.69) is 5.32 Å². The van der Waals surface area contributed by atoms with E-state index < -0.39 is 5.92 Å². The van der Waals surface area contributed by atoms with Crippen LogP contribution in [0.15, 0.2) is 66.7 Å². The van der Waals surface area contributed by atoms with Gasteiger partial charge in [-0.3, -0.25) is 9.59 Å². The molecule has 3 rings (SSSR count). The van der Waals surface area contributed by atoms with Gasteiger partial charge in [-0.15, -0.1) is 0 Å². The van der Waals surface area contributed by atoms with E-state index in [0.717, 1.165) is 16.8 Å². The van der Waals surface area contributed by atoms with Crippen LogP contribution >= 0.6 is 0 Å². The van der Waals surface area contributed by atoms with Crippen LogP contribution in [0.4, 0.5) is 0 Å². The molecule has 0 bridgehead atoms. The number of Topliss-reactive ketones (excluding diaryl/α,β-unsaturated/α-hetero) is 1. The van der Waals surface area contributed by atoms with Crippen molar-refractivity contribution < 1.29 is 9.59 Å². The zero-order valence-corrected chi connectivity index (χ0v) is 12.3. The van der Waals surface area contributed by atoms with Gasteiger partial charge in [0.2, 0.25) is 5.91 Å². The Morgan fingerprint density at radius 3 is 2.14 bits per heavy atom. The number of allylic oxidation sites excluding steroid dienone is 1. The first-order valence-corrected chi connectivity index (χ1v) is 7.30. The van der Waals surface area contributed by atoms with E-state index in [1.165, 1.54) is 6.92 Å². The second kappa shape index (κ2) is 5.98. The summed E-state index contributed by atoms with van der Waals surface area (Å²) in [5.41, 5.74) is 2.68. The lowest BCUT2D eigenvalue weighted by Gasteiger charge is -2.29. The van der Waals surface area contributed by atoms with Gasteiger partial charge in [0.05, 0.1) is 0 Å². The Morgan fingerprint density at radius 2 is 1.55 bits per heavy atom. The number of carbonyl (C=O) groups excluding carboxylic acids is 2. The van der Waals surface area contributed by atoms with Crippen LogP contribution in [0.1, 0.15) is 24.0 Å². The van der Waals surface area contributed by atoms with Gasteiger partial charge in [-0.05, 0) is 18.1 Å². The Kier molecular flexibility index (Phi) is 3.88. The Hall–Kier alpha value is -2.68. The van der Waals surface area contributed by atoms with Crippen LogP contribution in [0.25, 0.3) is 5.70 Å². The largest absolute Gasteiger partial charge is 0.325 e. The zero-order chi connectivity index (χ0) is 15.5. The predicted molar refractivity (Wildman–Crippen MR) is 85.9 cm³/mol. The SMILES string of the molecule is CC(=O)C1C(=O)NC(c2ccccc2)=CC1c1ccccc1. The lowest BCUT2D eigenvalue weighted by atomic mass is 9.79. The van der Waals surface area contributed by atoms with E-state index in [1.807, 2.05) is 66.7 Å². The normalized spacial score (nSPS) is 21.0. The Balaban J connectivity index is 2.08. The van der Waals surface area contributed by atoms with Crippen LogP contribution in [-0.2, 0) is 9.59 Å². The highest BCUT2D eigenvalue weighted by Gasteiger charge is 2.36. The molecule has 0 spiro atoms. The Bertz CT molecular complexity index is 720. The molecule has 3 heteroatoms. The first-order valence-electron chi connectivity index (χ1n) is 7.30. The third-order valence-corrected chi connectivity index (χ3v) is 3.95. The van der Waals surface area contributed by atoms with Crippen LogP contribution in [0.2, 0.25) is 0 Å².